The van der Waals surface area contributed by atoms with E-state index < -0.39 is 0 Å². The molecule has 1 unspecified atom stereocenters. The monoisotopic (exact) mass is 248 g/mol. The van der Waals surface area contributed by atoms with Crippen molar-refractivity contribution in [1.82, 2.24) is 9.97 Å². The molecule has 0 aliphatic carbocycles. The zero-order chi connectivity index (χ0) is 13.1. The lowest BCUT2D eigenvalue weighted by molar-refractivity contribution is 0.658. The topological polar surface area (TPSA) is 41.0 Å². The summed E-state index contributed by atoms with van der Waals surface area (Å²) in [5, 5.41) is 3.30. The van der Waals surface area contributed by atoms with Crippen LogP contribution in [-0.2, 0) is 0 Å². The van der Waals surface area contributed by atoms with Crippen molar-refractivity contribution in [3.8, 4) is 0 Å². The van der Waals surface area contributed by atoms with Crippen molar-refractivity contribution < 1.29 is 0 Å². The molecular weight excluding hydrogens is 224 g/mol. The van der Waals surface area contributed by atoms with Gasteiger partial charge in [0, 0.05) is 31.6 Å². The first-order valence-electron chi connectivity index (χ1n) is 6.98. The van der Waals surface area contributed by atoms with E-state index in [0.29, 0.717) is 5.92 Å². The fraction of sp³-hybridized carbons (Fsp3) is 0.714. The molecule has 1 saturated heterocycles. The molecule has 2 rings (SSSR count). The predicted molar refractivity (Wildman–Crippen MR) is 76.3 cm³/mol. The van der Waals surface area contributed by atoms with E-state index in [1.54, 1.807) is 0 Å². The van der Waals surface area contributed by atoms with E-state index in [4.69, 9.17) is 4.98 Å². The Kier molecular flexibility index (Phi) is 4.04. The van der Waals surface area contributed by atoms with Gasteiger partial charge in [-0.3, -0.25) is 0 Å². The minimum Gasteiger partial charge on any atom is -0.370 e. The van der Waals surface area contributed by atoms with Gasteiger partial charge in [-0.25, -0.2) is 9.97 Å². The van der Waals surface area contributed by atoms with Crippen LogP contribution in [0.4, 0.5) is 11.6 Å². The molecule has 0 saturated carbocycles. The zero-order valence-corrected chi connectivity index (χ0v) is 11.9. The molecule has 1 aromatic rings. The molecule has 0 bridgehead atoms. The molecule has 100 valence electrons. The normalized spacial score (nSPS) is 19.6. The van der Waals surface area contributed by atoms with E-state index in [-0.39, 0.29) is 0 Å². The van der Waals surface area contributed by atoms with Crippen LogP contribution in [0.2, 0.25) is 0 Å². The fourth-order valence-corrected chi connectivity index (χ4v) is 2.29. The number of hydrogen-bond acceptors (Lipinski definition) is 4. The quantitative estimate of drug-likeness (QED) is 0.889. The Morgan fingerprint density at radius 3 is 2.78 bits per heavy atom. The maximum atomic E-state index is 4.71. The van der Waals surface area contributed by atoms with Gasteiger partial charge in [0.05, 0.1) is 0 Å². The molecule has 4 nitrogen and oxygen atoms in total. The molecule has 4 heteroatoms. The number of aromatic nitrogens is 2. The van der Waals surface area contributed by atoms with Crippen molar-refractivity contribution in [1.29, 1.82) is 0 Å². The first-order valence-corrected chi connectivity index (χ1v) is 6.98. The Bertz CT molecular complexity index is 403. The SMILES string of the molecule is CCNc1cc(N2CCC(C)C2)nc(C(C)C)n1. The van der Waals surface area contributed by atoms with Crippen molar-refractivity contribution in [3.63, 3.8) is 0 Å². The summed E-state index contributed by atoms with van der Waals surface area (Å²) in [5.74, 6) is 4.09. The van der Waals surface area contributed by atoms with Crippen LogP contribution in [0.25, 0.3) is 0 Å². The van der Waals surface area contributed by atoms with Crippen molar-refractivity contribution in [2.24, 2.45) is 5.92 Å². The molecule has 2 heterocycles. The molecule has 0 radical (unpaired) electrons. The smallest absolute Gasteiger partial charge is 0.135 e. The van der Waals surface area contributed by atoms with E-state index in [1.165, 1.54) is 6.42 Å². The minimum absolute atomic E-state index is 0.363. The van der Waals surface area contributed by atoms with E-state index in [1.807, 2.05) is 0 Å². The maximum absolute atomic E-state index is 4.71. The standard InChI is InChI=1S/C14H24N4/c1-5-15-12-8-13(17-14(16-12)10(2)3)18-7-6-11(4)9-18/h8,10-11H,5-7,9H2,1-4H3,(H,15,16,17). The molecule has 1 atom stereocenters. The van der Waals surface area contributed by atoms with Gasteiger partial charge >= 0.3 is 0 Å². The van der Waals surface area contributed by atoms with Gasteiger partial charge in [-0.15, -0.1) is 0 Å². The molecule has 1 N–H and O–H groups in total. The molecule has 0 amide bonds. The van der Waals surface area contributed by atoms with Gasteiger partial charge < -0.3 is 10.2 Å². The number of nitrogens with one attached hydrogen (secondary N) is 1. The highest BCUT2D eigenvalue weighted by molar-refractivity contribution is 5.50. The third-order valence-corrected chi connectivity index (χ3v) is 3.35. The Hall–Kier alpha value is -1.32. The molecule has 1 aliphatic rings. The number of rotatable bonds is 4. The summed E-state index contributed by atoms with van der Waals surface area (Å²) in [6.45, 7) is 11.8. The first kappa shape index (κ1) is 13.1. The minimum atomic E-state index is 0.363. The largest absolute Gasteiger partial charge is 0.370 e. The first-order chi connectivity index (χ1) is 8.60. The van der Waals surface area contributed by atoms with Crippen molar-refractivity contribution in [2.45, 2.75) is 40.0 Å². The molecular formula is C14H24N4. The van der Waals surface area contributed by atoms with E-state index >= 15 is 0 Å². The number of anilines is 2. The summed E-state index contributed by atoms with van der Waals surface area (Å²) in [7, 11) is 0. The molecule has 1 fully saturated rings. The third kappa shape index (κ3) is 2.92. The summed E-state index contributed by atoms with van der Waals surface area (Å²) in [6.07, 6.45) is 1.26. The second kappa shape index (κ2) is 5.55. The van der Waals surface area contributed by atoms with Gasteiger partial charge in [0.25, 0.3) is 0 Å². The van der Waals surface area contributed by atoms with E-state index in [0.717, 1.165) is 43.0 Å². The lowest BCUT2D eigenvalue weighted by Crippen LogP contribution is -2.21. The van der Waals surface area contributed by atoms with Crippen LogP contribution in [0.5, 0.6) is 0 Å². The van der Waals surface area contributed by atoms with E-state index in [9.17, 15) is 0 Å². The maximum Gasteiger partial charge on any atom is 0.135 e. The summed E-state index contributed by atoms with van der Waals surface area (Å²) in [6, 6.07) is 2.08. The zero-order valence-electron chi connectivity index (χ0n) is 11.9. The van der Waals surface area contributed by atoms with Crippen LogP contribution in [0, 0.1) is 5.92 Å². The average molecular weight is 248 g/mol. The Morgan fingerprint density at radius 2 is 2.22 bits per heavy atom. The molecule has 0 aromatic carbocycles. The van der Waals surface area contributed by atoms with Crippen molar-refractivity contribution in [3.05, 3.63) is 11.9 Å². The average Bonchev–Trinajstić information content (AvgIpc) is 2.76. The highest BCUT2D eigenvalue weighted by Crippen LogP contribution is 2.25. The number of hydrogen-bond donors (Lipinski definition) is 1. The van der Waals surface area contributed by atoms with E-state index in [2.05, 4.69) is 49.0 Å². The lowest BCUT2D eigenvalue weighted by Gasteiger charge is -2.19. The van der Waals surface area contributed by atoms with Crippen molar-refractivity contribution >= 4 is 11.6 Å². The molecule has 1 aliphatic heterocycles. The summed E-state index contributed by atoms with van der Waals surface area (Å²) in [4.78, 5) is 11.6. The number of nitrogens with zero attached hydrogens (tertiary/aromatic N) is 3. The lowest BCUT2D eigenvalue weighted by atomic mass is 10.2. The Labute approximate surface area is 110 Å². The van der Waals surface area contributed by atoms with Crippen LogP contribution in [0.3, 0.4) is 0 Å². The van der Waals surface area contributed by atoms with Crippen LogP contribution >= 0.6 is 0 Å². The van der Waals surface area contributed by atoms with Gasteiger partial charge in [-0.05, 0) is 19.3 Å². The van der Waals surface area contributed by atoms with Gasteiger partial charge in [0.15, 0.2) is 0 Å². The summed E-state index contributed by atoms with van der Waals surface area (Å²) >= 11 is 0. The predicted octanol–water partition coefficient (Wildman–Crippen LogP) is 2.88. The summed E-state index contributed by atoms with van der Waals surface area (Å²) < 4.78 is 0. The third-order valence-electron chi connectivity index (χ3n) is 3.35. The van der Waals surface area contributed by atoms with Gasteiger partial charge in [0.2, 0.25) is 0 Å². The van der Waals surface area contributed by atoms with Gasteiger partial charge in [-0.1, -0.05) is 20.8 Å². The van der Waals surface area contributed by atoms with Crippen LogP contribution < -0.4 is 10.2 Å². The highest BCUT2D eigenvalue weighted by Gasteiger charge is 2.21. The Balaban J connectivity index is 2.27. The molecule has 1 aromatic heterocycles. The molecule has 0 spiro atoms. The Morgan fingerprint density at radius 1 is 1.44 bits per heavy atom. The van der Waals surface area contributed by atoms with Crippen LogP contribution in [0.1, 0.15) is 45.9 Å². The summed E-state index contributed by atoms with van der Waals surface area (Å²) in [5.41, 5.74) is 0. The second-order valence-electron chi connectivity index (χ2n) is 5.49. The van der Waals surface area contributed by atoms with Gasteiger partial charge in [-0.2, -0.15) is 0 Å². The molecule has 18 heavy (non-hydrogen) atoms. The van der Waals surface area contributed by atoms with Crippen molar-refractivity contribution in [2.75, 3.05) is 29.9 Å². The van der Waals surface area contributed by atoms with Gasteiger partial charge in [0.1, 0.15) is 17.5 Å². The highest BCUT2D eigenvalue weighted by atomic mass is 15.2. The van der Waals surface area contributed by atoms with Crippen LogP contribution in [-0.4, -0.2) is 29.6 Å². The second-order valence-corrected chi connectivity index (χ2v) is 5.49. The fourth-order valence-electron chi connectivity index (χ4n) is 2.29. The van der Waals surface area contributed by atoms with Crippen LogP contribution in [0.15, 0.2) is 6.07 Å².